The van der Waals surface area contributed by atoms with Crippen LogP contribution in [0.15, 0.2) is 36.8 Å². The Morgan fingerprint density at radius 1 is 1.37 bits per heavy atom. The van der Waals surface area contributed by atoms with Crippen LogP contribution in [-0.4, -0.2) is 26.6 Å². The summed E-state index contributed by atoms with van der Waals surface area (Å²) >= 11 is 5.37. The maximum atomic E-state index is 5.37. The largest absolute Gasteiger partial charge is 0.494 e. The van der Waals surface area contributed by atoms with Crippen LogP contribution in [0.3, 0.4) is 0 Å². The molecular formula is C13H12N4OS. The molecule has 2 aromatic heterocycles. The highest BCUT2D eigenvalue weighted by atomic mass is 32.1. The molecule has 1 aromatic carbocycles. The second-order valence-corrected chi connectivity index (χ2v) is 4.46. The number of hydrogen-bond acceptors (Lipinski definition) is 4. The summed E-state index contributed by atoms with van der Waals surface area (Å²) < 4.78 is 7.98. The summed E-state index contributed by atoms with van der Waals surface area (Å²) in [5.41, 5.74) is 2.82. The van der Waals surface area contributed by atoms with Gasteiger partial charge < -0.3 is 14.3 Å². The SMILES string of the molecule is COc1cccc2c1[nH]c(=S)n2Cc1ccncn1. The fourth-order valence-corrected chi connectivity index (χ4v) is 2.32. The lowest BCUT2D eigenvalue weighted by Gasteiger charge is -2.04. The Bertz CT molecular complexity index is 763. The summed E-state index contributed by atoms with van der Waals surface area (Å²) in [7, 11) is 1.65. The number of aromatic nitrogens is 4. The quantitative estimate of drug-likeness (QED) is 0.744. The number of benzene rings is 1. The fourth-order valence-electron chi connectivity index (χ4n) is 2.05. The van der Waals surface area contributed by atoms with Gasteiger partial charge in [0.2, 0.25) is 0 Å². The zero-order valence-electron chi connectivity index (χ0n) is 10.3. The molecule has 2 heterocycles. The number of imidazole rings is 1. The molecule has 0 saturated heterocycles. The number of nitrogens with one attached hydrogen (secondary N) is 1. The lowest BCUT2D eigenvalue weighted by atomic mass is 10.3. The van der Waals surface area contributed by atoms with Crippen LogP contribution in [0.4, 0.5) is 0 Å². The van der Waals surface area contributed by atoms with Crippen LogP contribution in [0.25, 0.3) is 11.0 Å². The summed E-state index contributed by atoms with van der Waals surface area (Å²) in [6.45, 7) is 0.606. The van der Waals surface area contributed by atoms with Crippen molar-refractivity contribution in [3.05, 3.63) is 47.3 Å². The highest BCUT2D eigenvalue weighted by Crippen LogP contribution is 2.24. The van der Waals surface area contributed by atoms with E-state index in [-0.39, 0.29) is 0 Å². The summed E-state index contributed by atoms with van der Waals surface area (Å²) in [6.07, 6.45) is 3.26. The molecule has 0 aliphatic rings. The maximum Gasteiger partial charge on any atom is 0.178 e. The van der Waals surface area contributed by atoms with E-state index in [1.807, 2.05) is 28.8 Å². The van der Waals surface area contributed by atoms with E-state index < -0.39 is 0 Å². The molecule has 0 amide bonds. The molecule has 0 spiro atoms. The van der Waals surface area contributed by atoms with Crippen molar-refractivity contribution in [2.24, 2.45) is 0 Å². The van der Waals surface area contributed by atoms with E-state index in [1.54, 1.807) is 13.3 Å². The van der Waals surface area contributed by atoms with Crippen LogP contribution in [-0.2, 0) is 6.54 Å². The van der Waals surface area contributed by atoms with Gasteiger partial charge >= 0.3 is 0 Å². The van der Waals surface area contributed by atoms with Crippen molar-refractivity contribution in [3.8, 4) is 5.75 Å². The number of fused-ring (bicyclic) bond motifs is 1. The van der Waals surface area contributed by atoms with Gasteiger partial charge in [-0.15, -0.1) is 0 Å². The Labute approximate surface area is 114 Å². The van der Waals surface area contributed by atoms with Gasteiger partial charge in [-0.1, -0.05) is 6.07 Å². The number of aromatic amines is 1. The first-order chi connectivity index (χ1) is 9.29. The average molecular weight is 272 g/mol. The second kappa shape index (κ2) is 4.81. The zero-order valence-corrected chi connectivity index (χ0v) is 11.1. The Kier molecular flexibility index (Phi) is 3.00. The number of H-pyrrole nitrogens is 1. The smallest absolute Gasteiger partial charge is 0.178 e. The van der Waals surface area contributed by atoms with Gasteiger partial charge in [-0.05, 0) is 30.4 Å². The summed E-state index contributed by atoms with van der Waals surface area (Å²) in [5, 5.41) is 0. The van der Waals surface area contributed by atoms with Crippen LogP contribution < -0.4 is 4.74 Å². The first kappa shape index (κ1) is 11.9. The fraction of sp³-hybridized carbons (Fsp3) is 0.154. The lowest BCUT2D eigenvalue weighted by molar-refractivity contribution is 0.419. The van der Waals surface area contributed by atoms with E-state index in [2.05, 4.69) is 15.0 Å². The van der Waals surface area contributed by atoms with Crippen molar-refractivity contribution in [2.75, 3.05) is 7.11 Å². The first-order valence-electron chi connectivity index (χ1n) is 5.80. The number of hydrogen-bond donors (Lipinski definition) is 1. The minimum atomic E-state index is 0.606. The van der Waals surface area contributed by atoms with Crippen LogP contribution >= 0.6 is 12.2 Å². The highest BCUT2D eigenvalue weighted by Gasteiger charge is 2.09. The minimum absolute atomic E-state index is 0.606. The maximum absolute atomic E-state index is 5.37. The van der Waals surface area contributed by atoms with Crippen molar-refractivity contribution in [2.45, 2.75) is 6.54 Å². The summed E-state index contributed by atoms with van der Waals surface area (Å²) in [6, 6.07) is 7.73. The van der Waals surface area contributed by atoms with E-state index in [0.717, 1.165) is 22.5 Å². The van der Waals surface area contributed by atoms with E-state index in [4.69, 9.17) is 17.0 Å². The molecule has 0 atom stereocenters. The zero-order chi connectivity index (χ0) is 13.2. The molecule has 19 heavy (non-hydrogen) atoms. The number of methoxy groups -OCH3 is 1. The van der Waals surface area contributed by atoms with Gasteiger partial charge in [-0.2, -0.15) is 0 Å². The molecule has 6 heteroatoms. The van der Waals surface area contributed by atoms with Gasteiger partial charge in [0.1, 0.15) is 17.6 Å². The lowest BCUT2D eigenvalue weighted by Crippen LogP contribution is -2.01. The molecule has 0 unspecified atom stereocenters. The van der Waals surface area contributed by atoms with E-state index in [9.17, 15) is 0 Å². The third-order valence-corrected chi connectivity index (χ3v) is 3.28. The summed E-state index contributed by atoms with van der Waals surface area (Å²) in [4.78, 5) is 11.3. The molecule has 1 N–H and O–H groups in total. The van der Waals surface area contributed by atoms with Crippen LogP contribution in [0.1, 0.15) is 5.69 Å². The Morgan fingerprint density at radius 3 is 3.00 bits per heavy atom. The van der Waals surface area contributed by atoms with Crippen LogP contribution in [0.5, 0.6) is 5.75 Å². The molecule has 3 rings (SSSR count). The van der Waals surface area contributed by atoms with Crippen molar-refractivity contribution >= 4 is 23.3 Å². The molecule has 5 nitrogen and oxygen atoms in total. The third-order valence-electron chi connectivity index (χ3n) is 2.96. The molecule has 3 aromatic rings. The molecule has 0 aliphatic carbocycles. The van der Waals surface area contributed by atoms with Gasteiger partial charge in [0.15, 0.2) is 4.77 Å². The third kappa shape index (κ3) is 2.10. The number of rotatable bonds is 3. The molecule has 0 radical (unpaired) electrons. The predicted molar refractivity (Wildman–Crippen MR) is 74.8 cm³/mol. The van der Waals surface area contributed by atoms with Gasteiger partial charge in [0.05, 0.1) is 24.9 Å². The standard InChI is InChI=1S/C13H12N4OS/c1-18-11-4-2-3-10-12(11)16-13(19)17(10)7-9-5-6-14-8-15-9/h2-6,8H,7H2,1H3,(H,16,19). The van der Waals surface area contributed by atoms with E-state index >= 15 is 0 Å². The van der Waals surface area contributed by atoms with Gasteiger partial charge in [0, 0.05) is 6.20 Å². The molecule has 0 bridgehead atoms. The van der Waals surface area contributed by atoms with E-state index in [1.165, 1.54) is 6.33 Å². The number of para-hydroxylation sites is 1. The number of ether oxygens (including phenoxy) is 1. The Morgan fingerprint density at radius 2 is 2.26 bits per heavy atom. The molecule has 0 saturated carbocycles. The minimum Gasteiger partial charge on any atom is -0.494 e. The molecule has 96 valence electrons. The highest BCUT2D eigenvalue weighted by molar-refractivity contribution is 7.71. The van der Waals surface area contributed by atoms with Crippen molar-refractivity contribution in [1.82, 2.24) is 19.5 Å². The topological polar surface area (TPSA) is 55.7 Å². The normalized spacial score (nSPS) is 10.8. The van der Waals surface area contributed by atoms with Gasteiger partial charge in [0.25, 0.3) is 0 Å². The van der Waals surface area contributed by atoms with Crippen LogP contribution in [0, 0.1) is 4.77 Å². The van der Waals surface area contributed by atoms with Crippen molar-refractivity contribution < 1.29 is 4.74 Å². The predicted octanol–water partition coefficient (Wildman–Crippen LogP) is 2.55. The summed E-state index contributed by atoms with van der Waals surface area (Å²) in [5.74, 6) is 0.782. The van der Waals surface area contributed by atoms with E-state index in [0.29, 0.717) is 11.3 Å². The van der Waals surface area contributed by atoms with Crippen molar-refractivity contribution in [3.63, 3.8) is 0 Å². The molecule has 0 fully saturated rings. The second-order valence-electron chi connectivity index (χ2n) is 4.07. The average Bonchev–Trinajstić information content (AvgIpc) is 2.76. The van der Waals surface area contributed by atoms with Gasteiger partial charge in [-0.25, -0.2) is 9.97 Å². The van der Waals surface area contributed by atoms with Crippen molar-refractivity contribution in [1.29, 1.82) is 0 Å². The Hall–Kier alpha value is -2.21. The van der Waals surface area contributed by atoms with Gasteiger partial charge in [-0.3, -0.25) is 0 Å². The monoisotopic (exact) mass is 272 g/mol. The van der Waals surface area contributed by atoms with Crippen LogP contribution in [0.2, 0.25) is 0 Å². The molecular weight excluding hydrogens is 260 g/mol. The Balaban J connectivity index is 2.14. The first-order valence-corrected chi connectivity index (χ1v) is 6.21. The number of nitrogens with zero attached hydrogens (tertiary/aromatic N) is 3. The molecule has 0 aliphatic heterocycles.